The van der Waals surface area contributed by atoms with E-state index in [0.717, 1.165) is 41.2 Å². The van der Waals surface area contributed by atoms with Gasteiger partial charge < -0.3 is 15.0 Å². The standard InChI is InChI=1S/C26H31N5O2/c1-6-30(7-2)21-14-12-19(13-15-21)23-22(25(32)33-8-3)18(5)27-26-28-24(29-31(23)26)20-11-9-10-17(4)16-20/h9-16,23H,6-8H2,1-5H3,(H,27,28,29). The van der Waals surface area contributed by atoms with Gasteiger partial charge in [0.15, 0.2) is 5.82 Å². The molecule has 0 saturated carbocycles. The summed E-state index contributed by atoms with van der Waals surface area (Å²) in [5.41, 5.74) is 5.44. The summed E-state index contributed by atoms with van der Waals surface area (Å²) in [6, 6.07) is 16.0. The van der Waals surface area contributed by atoms with Crippen LogP contribution in [0.2, 0.25) is 0 Å². The van der Waals surface area contributed by atoms with Crippen LogP contribution in [-0.2, 0) is 9.53 Å². The van der Waals surface area contributed by atoms with Gasteiger partial charge in [0.2, 0.25) is 5.95 Å². The molecule has 0 spiro atoms. The first-order valence-corrected chi connectivity index (χ1v) is 11.5. The van der Waals surface area contributed by atoms with Crippen LogP contribution in [0.15, 0.2) is 59.8 Å². The molecule has 1 aliphatic rings. The Balaban J connectivity index is 1.82. The maximum atomic E-state index is 13.0. The molecule has 0 bridgehead atoms. The molecular weight excluding hydrogens is 414 g/mol. The van der Waals surface area contributed by atoms with Crippen LogP contribution >= 0.6 is 0 Å². The van der Waals surface area contributed by atoms with Crippen LogP contribution in [0.4, 0.5) is 11.6 Å². The number of aromatic nitrogens is 3. The lowest BCUT2D eigenvalue weighted by molar-refractivity contribution is -0.139. The van der Waals surface area contributed by atoms with E-state index < -0.39 is 6.04 Å². The third-order valence-electron chi connectivity index (χ3n) is 5.96. The number of benzene rings is 2. The lowest BCUT2D eigenvalue weighted by atomic mass is 9.95. The Hall–Kier alpha value is -3.61. The maximum Gasteiger partial charge on any atom is 0.338 e. The SMILES string of the molecule is CCOC(=O)C1=C(C)Nc2nc(-c3cccc(C)c3)nn2C1c1ccc(N(CC)CC)cc1. The third kappa shape index (κ3) is 4.35. The van der Waals surface area contributed by atoms with E-state index in [0.29, 0.717) is 24.0 Å². The largest absolute Gasteiger partial charge is 0.463 e. The van der Waals surface area contributed by atoms with Gasteiger partial charge in [0.1, 0.15) is 6.04 Å². The van der Waals surface area contributed by atoms with Gasteiger partial charge in [-0.15, -0.1) is 5.10 Å². The van der Waals surface area contributed by atoms with E-state index in [1.807, 2.05) is 39.0 Å². The Bertz CT molecular complexity index is 1180. The summed E-state index contributed by atoms with van der Waals surface area (Å²) in [7, 11) is 0. The number of hydrogen-bond acceptors (Lipinski definition) is 6. The molecule has 0 saturated heterocycles. The molecule has 172 valence electrons. The zero-order valence-corrected chi connectivity index (χ0v) is 19.9. The van der Waals surface area contributed by atoms with Crippen molar-refractivity contribution in [1.29, 1.82) is 0 Å². The Labute approximate surface area is 195 Å². The van der Waals surface area contributed by atoms with E-state index >= 15 is 0 Å². The summed E-state index contributed by atoms with van der Waals surface area (Å²) in [4.78, 5) is 20.0. The number of nitrogens with zero attached hydrogens (tertiary/aromatic N) is 4. The van der Waals surface area contributed by atoms with Gasteiger partial charge in [0, 0.05) is 30.0 Å². The molecule has 4 rings (SSSR count). The molecule has 1 atom stereocenters. The lowest BCUT2D eigenvalue weighted by Crippen LogP contribution is -2.29. The maximum absolute atomic E-state index is 13.0. The highest BCUT2D eigenvalue weighted by molar-refractivity contribution is 5.92. The van der Waals surface area contributed by atoms with Crippen molar-refractivity contribution in [2.24, 2.45) is 0 Å². The minimum absolute atomic E-state index is 0.308. The highest BCUT2D eigenvalue weighted by Crippen LogP contribution is 2.37. The average molecular weight is 446 g/mol. The van der Waals surface area contributed by atoms with Gasteiger partial charge in [-0.25, -0.2) is 9.48 Å². The van der Waals surface area contributed by atoms with Crippen molar-refractivity contribution < 1.29 is 9.53 Å². The van der Waals surface area contributed by atoms with Crippen molar-refractivity contribution in [2.45, 2.75) is 40.7 Å². The number of carbonyl (C=O) groups excluding carboxylic acids is 1. The second-order valence-corrected chi connectivity index (χ2v) is 8.12. The average Bonchev–Trinajstić information content (AvgIpc) is 3.23. The zero-order chi connectivity index (χ0) is 23.5. The molecule has 1 aromatic heterocycles. The molecule has 0 amide bonds. The van der Waals surface area contributed by atoms with Crippen molar-refractivity contribution >= 4 is 17.6 Å². The number of anilines is 2. The number of esters is 1. The smallest absolute Gasteiger partial charge is 0.338 e. The summed E-state index contributed by atoms with van der Waals surface area (Å²) in [5.74, 6) is 0.873. The van der Waals surface area contributed by atoms with Crippen LogP contribution in [0.5, 0.6) is 0 Å². The predicted octanol–water partition coefficient (Wildman–Crippen LogP) is 4.95. The van der Waals surface area contributed by atoms with Crippen molar-refractivity contribution in [1.82, 2.24) is 14.8 Å². The number of rotatable bonds is 7. The Morgan fingerprint density at radius 2 is 1.82 bits per heavy atom. The van der Waals surface area contributed by atoms with Crippen molar-refractivity contribution in [3.05, 3.63) is 70.9 Å². The first-order valence-electron chi connectivity index (χ1n) is 11.5. The summed E-state index contributed by atoms with van der Waals surface area (Å²) in [5, 5.41) is 8.09. The molecule has 1 unspecified atom stereocenters. The first kappa shape index (κ1) is 22.6. The van der Waals surface area contributed by atoms with Gasteiger partial charge in [-0.05, 0) is 58.4 Å². The molecule has 7 heteroatoms. The van der Waals surface area contributed by atoms with Crippen LogP contribution in [0.3, 0.4) is 0 Å². The summed E-state index contributed by atoms with van der Waals surface area (Å²) in [6.07, 6.45) is 0. The van der Waals surface area contributed by atoms with Crippen LogP contribution in [-0.4, -0.2) is 40.4 Å². The van der Waals surface area contributed by atoms with Gasteiger partial charge in [0.05, 0.1) is 12.2 Å². The fraction of sp³-hybridized carbons (Fsp3) is 0.346. The second kappa shape index (κ2) is 9.48. The third-order valence-corrected chi connectivity index (χ3v) is 5.96. The van der Waals surface area contributed by atoms with Gasteiger partial charge in [-0.1, -0.05) is 35.9 Å². The van der Waals surface area contributed by atoms with E-state index in [4.69, 9.17) is 14.8 Å². The van der Waals surface area contributed by atoms with Crippen LogP contribution in [0.1, 0.15) is 44.9 Å². The molecular formula is C26H31N5O2. The lowest BCUT2D eigenvalue weighted by Gasteiger charge is -2.28. The van der Waals surface area contributed by atoms with Crippen molar-refractivity contribution in [2.75, 3.05) is 29.9 Å². The monoisotopic (exact) mass is 445 g/mol. The normalized spacial score (nSPS) is 15.1. The predicted molar refractivity (Wildman–Crippen MR) is 131 cm³/mol. The van der Waals surface area contributed by atoms with E-state index in [2.05, 4.69) is 54.4 Å². The van der Waals surface area contributed by atoms with Crippen molar-refractivity contribution in [3.63, 3.8) is 0 Å². The Morgan fingerprint density at radius 3 is 2.45 bits per heavy atom. The molecule has 2 aromatic carbocycles. The van der Waals surface area contributed by atoms with E-state index in [-0.39, 0.29) is 5.97 Å². The van der Waals surface area contributed by atoms with Crippen molar-refractivity contribution in [3.8, 4) is 11.4 Å². The van der Waals surface area contributed by atoms with Crippen LogP contribution in [0.25, 0.3) is 11.4 Å². The molecule has 0 radical (unpaired) electrons. The number of nitrogens with one attached hydrogen (secondary N) is 1. The minimum atomic E-state index is -0.433. The van der Waals surface area contributed by atoms with E-state index in [1.54, 1.807) is 4.68 Å². The van der Waals surface area contributed by atoms with E-state index in [1.165, 1.54) is 0 Å². The number of hydrogen-bond donors (Lipinski definition) is 1. The van der Waals surface area contributed by atoms with Gasteiger partial charge >= 0.3 is 5.97 Å². The first-order chi connectivity index (χ1) is 16.0. The highest BCUT2D eigenvalue weighted by Gasteiger charge is 2.35. The zero-order valence-electron chi connectivity index (χ0n) is 19.9. The highest BCUT2D eigenvalue weighted by atomic mass is 16.5. The number of fused-ring (bicyclic) bond motifs is 1. The fourth-order valence-corrected chi connectivity index (χ4v) is 4.30. The van der Waals surface area contributed by atoms with Gasteiger partial charge in [0.25, 0.3) is 0 Å². The summed E-state index contributed by atoms with van der Waals surface area (Å²) >= 11 is 0. The quantitative estimate of drug-likeness (QED) is 0.519. The summed E-state index contributed by atoms with van der Waals surface area (Å²) < 4.78 is 7.21. The van der Waals surface area contributed by atoms with E-state index in [9.17, 15) is 4.79 Å². The molecule has 1 N–H and O–H groups in total. The topological polar surface area (TPSA) is 72.3 Å². The van der Waals surface area contributed by atoms with Gasteiger partial charge in [-0.2, -0.15) is 4.98 Å². The van der Waals surface area contributed by atoms with Crippen LogP contribution < -0.4 is 10.2 Å². The fourth-order valence-electron chi connectivity index (χ4n) is 4.30. The number of aryl methyl sites for hydroxylation is 1. The van der Waals surface area contributed by atoms with Gasteiger partial charge in [-0.3, -0.25) is 0 Å². The molecule has 1 aliphatic heterocycles. The molecule has 2 heterocycles. The molecule has 3 aromatic rings. The second-order valence-electron chi connectivity index (χ2n) is 8.12. The number of carbonyl (C=O) groups is 1. The number of ether oxygens (including phenoxy) is 1. The van der Waals surface area contributed by atoms with Crippen LogP contribution in [0, 0.1) is 6.92 Å². The molecule has 7 nitrogen and oxygen atoms in total. The minimum Gasteiger partial charge on any atom is -0.463 e. The molecule has 0 aliphatic carbocycles. The Kier molecular flexibility index (Phi) is 6.49. The number of allylic oxidation sites excluding steroid dienone is 1. The molecule has 33 heavy (non-hydrogen) atoms. The molecule has 0 fully saturated rings. The summed E-state index contributed by atoms with van der Waals surface area (Å²) in [6.45, 7) is 12.2. The Morgan fingerprint density at radius 1 is 1.09 bits per heavy atom.